The fraction of sp³-hybridized carbons (Fsp3) is 0.500. The lowest BCUT2D eigenvalue weighted by atomic mass is 9.87. The van der Waals surface area contributed by atoms with E-state index < -0.39 is 0 Å². The van der Waals surface area contributed by atoms with E-state index in [0.29, 0.717) is 0 Å². The van der Waals surface area contributed by atoms with Crippen LogP contribution in [0.4, 0.5) is 14.9 Å². The quantitative estimate of drug-likeness (QED) is 0.892. The summed E-state index contributed by atoms with van der Waals surface area (Å²) in [6, 6.07) is 6.13. The number of carbonyl (C=O) groups is 1. The lowest BCUT2D eigenvalue weighted by Gasteiger charge is -2.22. The Morgan fingerprint density at radius 1 is 1.33 bits per heavy atom. The van der Waals surface area contributed by atoms with E-state index in [1.165, 1.54) is 12.1 Å². The van der Waals surface area contributed by atoms with E-state index in [2.05, 4.69) is 17.3 Å². The van der Waals surface area contributed by atoms with Crippen LogP contribution in [-0.2, 0) is 11.2 Å². The lowest BCUT2D eigenvalue weighted by molar-refractivity contribution is 0.154. The molecule has 1 atom stereocenters. The van der Waals surface area contributed by atoms with Crippen LogP contribution in [0.5, 0.6) is 0 Å². The van der Waals surface area contributed by atoms with Crippen LogP contribution < -0.4 is 5.32 Å². The normalized spacial score (nSPS) is 21.9. The average Bonchev–Trinajstić information content (AvgIpc) is 3.39. The first-order chi connectivity index (χ1) is 13.1. The molecule has 27 heavy (non-hydrogen) atoms. The number of hydrogen-bond donors (Lipinski definition) is 1. The van der Waals surface area contributed by atoms with Crippen molar-refractivity contribution in [3.63, 3.8) is 0 Å². The van der Waals surface area contributed by atoms with Crippen molar-refractivity contribution >= 4 is 11.7 Å². The first-order valence-corrected chi connectivity index (χ1v) is 9.57. The van der Waals surface area contributed by atoms with E-state index in [-0.39, 0.29) is 17.3 Å². The minimum Gasteiger partial charge on any atom is -0.381 e. The number of likely N-dealkylation sites (tertiary alicyclic amines) is 1. The Kier molecular flexibility index (Phi) is 4.86. The van der Waals surface area contributed by atoms with Gasteiger partial charge in [-0.1, -0.05) is 13.3 Å². The maximum atomic E-state index is 13.2. The molecule has 0 saturated carbocycles. The minimum absolute atomic E-state index is 0.0882. The highest BCUT2D eigenvalue weighted by Gasteiger charge is 2.42. The van der Waals surface area contributed by atoms with Gasteiger partial charge in [-0.05, 0) is 43.5 Å². The Bertz CT molecular complexity index is 812. The Morgan fingerprint density at radius 2 is 2.15 bits per heavy atom. The molecule has 1 N–H and O–H groups in total. The number of urea groups is 1. The van der Waals surface area contributed by atoms with Crippen molar-refractivity contribution in [1.29, 1.82) is 0 Å². The largest absolute Gasteiger partial charge is 0.381 e. The van der Waals surface area contributed by atoms with Crippen LogP contribution in [0, 0.1) is 11.2 Å². The van der Waals surface area contributed by atoms with Crippen molar-refractivity contribution < 1.29 is 13.9 Å². The van der Waals surface area contributed by atoms with Crippen LogP contribution in [0.1, 0.15) is 31.9 Å². The van der Waals surface area contributed by atoms with Gasteiger partial charge in [0.25, 0.3) is 0 Å². The van der Waals surface area contributed by atoms with Gasteiger partial charge in [0.1, 0.15) is 5.82 Å². The summed E-state index contributed by atoms with van der Waals surface area (Å²) in [5.41, 5.74) is 2.57. The van der Waals surface area contributed by atoms with Crippen LogP contribution >= 0.6 is 0 Å². The fourth-order valence-electron chi connectivity index (χ4n) is 4.03. The zero-order valence-corrected chi connectivity index (χ0v) is 15.6. The van der Waals surface area contributed by atoms with Crippen molar-refractivity contribution in [3.8, 4) is 5.69 Å². The molecule has 2 aromatic rings. The molecule has 2 aliphatic rings. The van der Waals surface area contributed by atoms with Gasteiger partial charge < -0.3 is 15.0 Å². The smallest absolute Gasteiger partial charge is 0.321 e. The summed E-state index contributed by atoms with van der Waals surface area (Å²) >= 11 is 0. The van der Waals surface area contributed by atoms with Crippen LogP contribution in [0.2, 0.25) is 0 Å². The molecule has 1 aromatic carbocycles. The van der Waals surface area contributed by atoms with Gasteiger partial charge in [0.05, 0.1) is 29.9 Å². The molecule has 2 fully saturated rings. The third kappa shape index (κ3) is 3.56. The predicted molar refractivity (Wildman–Crippen MR) is 101 cm³/mol. The third-order valence-corrected chi connectivity index (χ3v) is 5.58. The summed E-state index contributed by atoms with van der Waals surface area (Å²) in [7, 11) is 0. The highest BCUT2D eigenvalue weighted by molar-refractivity contribution is 5.90. The molecule has 1 spiro atoms. The van der Waals surface area contributed by atoms with Crippen LogP contribution in [0.3, 0.4) is 0 Å². The number of nitrogens with zero attached hydrogens (tertiary/aromatic N) is 3. The van der Waals surface area contributed by atoms with Crippen molar-refractivity contribution in [1.82, 2.24) is 14.7 Å². The SMILES string of the molecule is CCCc1c(NC(=O)N2CCC3(CCOC3)C2)cnn1-c1ccc(F)cc1. The Hall–Kier alpha value is -2.41. The van der Waals surface area contributed by atoms with Gasteiger partial charge >= 0.3 is 6.03 Å². The molecule has 0 bridgehead atoms. The van der Waals surface area contributed by atoms with E-state index in [1.807, 2.05) is 4.90 Å². The molecule has 3 heterocycles. The first kappa shape index (κ1) is 18.0. The minimum atomic E-state index is -0.282. The average molecular weight is 372 g/mol. The summed E-state index contributed by atoms with van der Waals surface area (Å²) in [6.07, 6.45) is 5.39. The molecule has 2 amide bonds. The molecular formula is C20H25FN4O2. The number of amides is 2. The Labute approximate surface area is 158 Å². The molecule has 0 radical (unpaired) electrons. The van der Waals surface area contributed by atoms with Crippen molar-refractivity contribution in [2.45, 2.75) is 32.6 Å². The van der Waals surface area contributed by atoms with Crippen molar-refractivity contribution in [2.75, 3.05) is 31.6 Å². The second-order valence-corrected chi connectivity index (χ2v) is 7.55. The highest BCUT2D eigenvalue weighted by atomic mass is 19.1. The van der Waals surface area contributed by atoms with E-state index in [4.69, 9.17) is 4.74 Å². The third-order valence-electron chi connectivity index (χ3n) is 5.58. The lowest BCUT2D eigenvalue weighted by Crippen LogP contribution is -2.35. The highest BCUT2D eigenvalue weighted by Crippen LogP contribution is 2.38. The van der Waals surface area contributed by atoms with Crippen LogP contribution in [0.15, 0.2) is 30.5 Å². The number of benzene rings is 1. The van der Waals surface area contributed by atoms with Gasteiger partial charge in [-0.25, -0.2) is 13.9 Å². The summed E-state index contributed by atoms with van der Waals surface area (Å²) in [4.78, 5) is 14.7. The summed E-state index contributed by atoms with van der Waals surface area (Å²) < 4.78 is 20.5. The maximum Gasteiger partial charge on any atom is 0.321 e. The molecule has 0 aliphatic carbocycles. The maximum absolute atomic E-state index is 13.2. The molecule has 1 aromatic heterocycles. The van der Waals surface area contributed by atoms with Gasteiger partial charge in [0.2, 0.25) is 0 Å². The van der Waals surface area contributed by atoms with Gasteiger partial charge in [-0.2, -0.15) is 5.10 Å². The van der Waals surface area contributed by atoms with E-state index in [1.54, 1.807) is 23.0 Å². The molecule has 2 aliphatic heterocycles. The second-order valence-electron chi connectivity index (χ2n) is 7.55. The zero-order chi connectivity index (χ0) is 18.9. The predicted octanol–water partition coefficient (Wildman–Crippen LogP) is 3.61. The molecule has 4 rings (SSSR count). The van der Waals surface area contributed by atoms with Crippen LogP contribution in [-0.4, -0.2) is 47.0 Å². The number of ether oxygens (including phenoxy) is 1. The second kappa shape index (κ2) is 7.31. The topological polar surface area (TPSA) is 59.4 Å². The molecule has 6 nitrogen and oxygen atoms in total. The Balaban J connectivity index is 1.51. The molecule has 7 heteroatoms. The molecular weight excluding hydrogens is 347 g/mol. The number of halogens is 1. The molecule has 144 valence electrons. The summed E-state index contributed by atoms with van der Waals surface area (Å²) in [6.45, 7) is 5.12. The number of rotatable bonds is 4. The van der Waals surface area contributed by atoms with Crippen molar-refractivity contribution in [3.05, 3.63) is 42.0 Å². The number of carbonyl (C=O) groups excluding carboxylic acids is 1. The zero-order valence-electron chi connectivity index (χ0n) is 15.6. The van der Waals surface area contributed by atoms with E-state index in [9.17, 15) is 9.18 Å². The number of hydrogen-bond acceptors (Lipinski definition) is 3. The summed E-state index contributed by atoms with van der Waals surface area (Å²) in [5, 5.41) is 7.46. The van der Waals surface area contributed by atoms with Gasteiger partial charge in [0.15, 0.2) is 0 Å². The van der Waals surface area contributed by atoms with Crippen LogP contribution in [0.25, 0.3) is 5.69 Å². The van der Waals surface area contributed by atoms with Gasteiger partial charge in [-0.15, -0.1) is 0 Å². The fourth-order valence-corrected chi connectivity index (χ4v) is 4.03. The standard InChI is InChI=1S/C20H25FN4O2/c1-2-3-18-17(12-22-25(18)16-6-4-15(21)5-7-16)23-19(26)24-10-8-20(13-24)9-11-27-14-20/h4-7,12H,2-3,8-11,13-14H2,1H3,(H,23,26). The number of anilines is 1. The van der Waals surface area contributed by atoms with Gasteiger partial charge in [-0.3, -0.25) is 0 Å². The monoisotopic (exact) mass is 372 g/mol. The molecule has 2 saturated heterocycles. The van der Waals surface area contributed by atoms with Crippen molar-refractivity contribution in [2.24, 2.45) is 5.41 Å². The number of aromatic nitrogens is 2. The van der Waals surface area contributed by atoms with E-state index in [0.717, 1.165) is 69.1 Å². The number of nitrogens with one attached hydrogen (secondary N) is 1. The summed E-state index contributed by atoms with van der Waals surface area (Å²) in [5.74, 6) is -0.282. The van der Waals surface area contributed by atoms with Gasteiger partial charge in [0, 0.05) is 25.1 Å². The first-order valence-electron chi connectivity index (χ1n) is 9.57. The van der Waals surface area contributed by atoms with E-state index >= 15 is 0 Å². The molecule has 1 unspecified atom stereocenters. The Morgan fingerprint density at radius 3 is 2.85 bits per heavy atom.